The van der Waals surface area contributed by atoms with Crippen LogP contribution in [0.3, 0.4) is 0 Å². The van der Waals surface area contributed by atoms with Crippen LogP contribution in [0.25, 0.3) is 0 Å². The maximum Gasteiger partial charge on any atom is 0.200 e. The van der Waals surface area contributed by atoms with Gasteiger partial charge in [-0.1, -0.05) is 57.0 Å². The average molecular weight is 1210 g/mol. The zero-order valence-corrected chi connectivity index (χ0v) is 46.7. The molecule has 0 fully saturated rings. The van der Waals surface area contributed by atoms with Crippen molar-refractivity contribution in [3.63, 3.8) is 0 Å². The molecular formula is C51H72F6N12O10Se. The van der Waals surface area contributed by atoms with E-state index in [0.29, 0.717) is 17.7 Å². The number of amides is 8. The van der Waals surface area contributed by atoms with Gasteiger partial charge in [-0.05, 0) is 62.1 Å². The van der Waals surface area contributed by atoms with Crippen LogP contribution >= 0.6 is 0 Å². The minimum atomic E-state index is -2.13. The Morgan fingerprint density at radius 2 is 1.05 bits per heavy atom. The maximum absolute atomic E-state index is 14.5. The fourth-order valence-corrected chi connectivity index (χ4v) is 6.02. The third-order valence-corrected chi connectivity index (χ3v) is 11.6. The number of carboxylic acids is 1. The Balaban J connectivity index is 0.00000247. The Kier molecular flexibility index (Phi) is 36.5. The van der Waals surface area contributed by atoms with E-state index in [1.54, 1.807) is 24.3 Å². The van der Waals surface area contributed by atoms with Gasteiger partial charge < -0.3 is 65.3 Å². The number of hydrogen-bond donors (Lipinski definition) is 12. The second-order valence-electron chi connectivity index (χ2n) is 16.9. The number of nitrogens with one attached hydrogen (secondary N) is 7. The van der Waals surface area contributed by atoms with Gasteiger partial charge in [0, 0.05) is 31.2 Å². The molecule has 0 bridgehead atoms. The number of rotatable bonds is 28. The molecule has 0 saturated carbocycles. The molecule has 29 heteroatoms. The first-order valence-corrected chi connectivity index (χ1v) is 27.8. The summed E-state index contributed by atoms with van der Waals surface area (Å²) in [6, 6.07) is 8.01. The fraction of sp³-hybridized carbons (Fsp3) is 0.451. The molecule has 3 rings (SSSR count). The summed E-state index contributed by atoms with van der Waals surface area (Å²) in [6.07, 6.45) is 2.78. The van der Waals surface area contributed by atoms with E-state index in [1.807, 2.05) is 6.92 Å². The topological polar surface area (TPSA) is 375 Å². The number of benzene rings is 3. The van der Waals surface area contributed by atoms with Crippen molar-refractivity contribution in [3.8, 4) is 0 Å². The number of guanidine groups is 1. The maximum atomic E-state index is 14.5. The summed E-state index contributed by atoms with van der Waals surface area (Å²) in [5, 5.41) is 26.6. The first-order valence-electron chi connectivity index (χ1n) is 24.8. The molecule has 0 aliphatic carbocycles. The van der Waals surface area contributed by atoms with Gasteiger partial charge in [0.05, 0.1) is 31.9 Å². The third kappa shape index (κ3) is 30.4. The second kappa shape index (κ2) is 40.4. The summed E-state index contributed by atoms with van der Waals surface area (Å²) in [5.41, 5.74) is 21.6. The van der Waals surface area contributed by atoms with E-state index in [2.05, 4.69) is 61.9 Å². The number of nitrogens with two attached hydrogens (primary N) is 4. The zero-order chi connectivity index (χ0) is 60.9. The van der Waals surface area contributed by atoms with Crippen molar-refractivity contribution in [1.29, 1.82) is 0 Å². The van der Waals surface area contributed by atoms with Crippen molar-refractivity contribution >= 4 is 79.8 Å². The van der Waals surface area contributed by atoms with E-state index in [0.717, 1.165) is 40.9 Å². The molecular weight excluding hydrogens is 1130 g/mol. The average Bonchev–Trinajstić information content (AvgIpc) is 3.42. The van der Waals surface area contributed by atoms with Crippen LogP contribution in [-0.2, 0) is 56.0 Å². The SMILES string of the molecule is CCCCC(=O)N[C@@H](CCC(=O)O)C(=O)NCC(=O)NCC(=O)NCC(=O)N[C@@H](Cc1ccccc1F)C(=O)NCC(=O)N[C@@H](Cc1ccc(N=C(N)N)cc1)C(N)=O.CCCCN.CC[Se]C.Cc1c(F)c(F)c(F)c(F)c1F. The summed E-state index contributed by atoms with van der Waals surface area (Å²) >= 11 is 0.917. The molecule has 0 aliphatic heterocycles. The number of nitrogens with zero attached hydrogens (tertiary/aromatic N) is 1. The van der Waals surface area contributed by atoms with Gasteiger partial charge in [0.15, 0.2) is 29.2 Å². The first kappa shape index (κ1) is 72.2. The number of unbranched alkanes of at least 4 members (excludes halogenated alkanes) is 2. The number of carboxylic acid groups (broad SMARTS) is 1. The molecule has 3 aromatic rings. The molecule has 80 heavy (non-hydrogen) atoms. The molecule has 444 valence electrons. The number of aliphatic carboxylic acids is 1. The molecule has 3 atom stereocenters. The van der Waals surface area contributed by atoms with Crippen LogP contribution in [0, 0.1) is 41.8 Å². The van der Waals surface area contributed by atoms with E-state index in [9.17, 15) is 69.5 Å². The van der Waals surface area contributed by atoms with Crippen LogP contribution < -0.4 is 60.2 Å². The molecule has 0 unspecified atom stereocenters. The van der Waals surface area contributed by atoms with Crippen molar-refractivity contribution < 1.29 is 74.6 Å². The summed E-state index contributed by atoms with van der Waals surface area (Å²) in [7, 11) is 0. The predicted octanol–water partition coefficient (Wildman–Crippen LogP) is 1.59. The molecule has 0 aromatic heterocycles. The minimum absolute atomic E-state index is 0.00814. The largest absolute Gasteiger partial charge is 0.203 e. The van der Waals surface area contributed by atoms with Crippen molar-refractivity contribution in [2.45, 2.75) is 115 Å². The van der Waals surface area contributed by atoms with Crippen LogP contribution in [0.1, 0.15) is 82.4 Å². The van der Waals surface area contributed by atoms with Gasteiger partial charge in [-0.15, -0.1) is 0 Å². The van der Waals surface area contributed by atoms with Crippen molar-refractivity contribution in [3.05, 3.63) is 100 Å². The predicted molar refractivity (Wildman–Crippen MR) is 286 cm³/mol. The summed E-state index contributed by atoms with van der Waals surface area (Å²) in [5.74, 6) is -15.7. The number of carbonyl (C=O) groups is 9. The summed E-state index contributed by atoms with van der Waals surface area (Å²) < 4.78 is 76.1. The monoisotopic (exact) mass is 1210 g/mol. The Morgan fingerprint density at radius 1 is 0.588 bits per heavy atom. The van der Waals surface area contributed by atoms with E-state index in [1.165, 1.54) is 36.4 Å². The van der Waals surface area contributed by atoms with Crippen LogP contribution in [0.5, 0.6) is 0 Å². The number of primary amides is 1. The number of hydrogen-bond acceptors (Lipinski definition) is 11. The Morgan fingerprint density at radius 3 is 1.51 bits per heavy atom. The Hall–Kier alpha value is -7.78. The zero-order valence-electron chi connectivity index (χ0n) is 45.0. The van der Waals surface area contributed by atoms with Crippen LogP contribution in [0.2, 0.25) is 11.1 Å². The van der Waals surface area contributed by atoms with E-state index in [-0.39, 0.29) is 37.2 Å². The summed E-state index contributed by atoms with van der Waals surface area (Å²) in [6.45, 7) is 5.25. The molecule has 16 N–H and O–H groups in total. The Bertz CT molecular complexity index is 2440. The molecule has 0 heterocycles. The number of aliphatic imine (C=N–C) groups is 1. The smallest absolute Gasteiger partial charge is 0.200 e. The van der Waals surface area contributed by atoms with Gasteiger partial charge in [-0.3, -0.25) is 43.2 Å². The van der Waals surface area contributed by atoms with Gasteiger partial charge in [0.1, 0.15) is 23.9 Å². The van der Waals surface area contributed by atoms with Crippen LogP contribution in [0.4, 0.5) is 32.0 Å². The quantitative estimate of drug-likeness (QED) is 0.0123. The normalized spacial score (nSPS) is 11.3. The molecule has 3 aromatic carbocycles. The van der Waals surface area contributed by atoms with Crippen molar-refractivity contribution in [2.24, 2.45) is 27.9 Å². The van der Waals surface area contributed by atoms with Crippen LogP contribution in [-0.4, -0.2) is 130 Å². The fourth-order valence-electron chi connectivity index (χ4n) is 6.02. The van der Waals surface area contributed by atoms with Gasteiger partial charge in [-0.25, -0.2) is 31.3 Å². The molecule has 22 nitrogen and oxygen atoms in total. The standard InChI is InChI=1S/C37H50FN11O10.C7H3F5.C4H11N.C3H8Se/c1-2-3-8-28(50)47-25(13-14-33(55)56)35(58)44-18-30(52)42-17-29(51)43-19-31(53)49-27(16-22-6-4-5-7-24(22)38)36(59)45-20-32(54)48-26(34(39)57)15-21-9-11-23(12-10-21)46-37(40)41;1-2-3(8)5(10)7(12)6(11)4(2)9;1-2-3-4-5;1-3-4-2/h4-7,9-12,25-27H,2-3,8,13-20H2,1H3,(H2,39,57)(H,42,52)(H,43,51)(H,44,58)(H,45,59)(H,47,50)(H,48,54)(H,49,53)(H,55,56)(H4,40,41,46);1H3;2-5H2,1H3;3H2,1-2H3/t25-,26-,27-;;;/m0.../s1. The van der Waals surface area contributed by atoms with E-state index in [4.69, 9.17) is 28.0 Å². The van der Waals surface area contributed by atoms with Gasteiger partial charge in [0.2, 0.25) is 53.1 Å². The van der Waals surface area contributed by atoms with E-state index >= 15 is 0 Å². The minimum Gasteiger partial charge on any atom is -0.203 e. The molecule has 0 spiro atoms. The molecule has 8 amide bonds. The first-order chi connectivity index (χ1) is 37.8. The molecule has 0 radical (unpaired) electrons. The number of halogens is 6. The van der Waals surface area contributed by atoms with Crippen molar-refractivity contribution in [2.75, 3.05) is 32.7 Å². The van der Waals surface area contributed by atoms with Crippen molar-refractivity contribution in [1.82, 2.24) is 37.2 Å². The molecule has 0 saturated heterocycles. The van der Waals surface area contributed by atoms with Crippen LogP contribution in [0.15, 0.2) is 53.5 Å². The third-order valence-electron chi connectivity index (χ3n) is 10.4. The number of carbonyl (C=O) groups excluding carboxylic acids is 8. The summed E-state index contributed by atoms with van der Waals surface area (Å²) in [4.78, 5) is 115. The second-order valence-corrected chi connectivity index (χ2v) is 19.3. The molecule has 0 aliphatic rings. The Labute approximate surface area is 465 Å². The van der Waals surface area contributed by atoms with Gasteiger partial charge >= 0.3 is 39.0 Å². The van der Waals surface area contributed by atoms with Gasteiger partial charge in [0.25, 0.3) is 0 Å². The van der Waals surface area contributed by atoms with Gasteiger partial charge in [-0.2, -0.15) is 0 Å². The van der Waals surface area contributed by atoms with E-state index < -0.39 is 144 Å².